The highest BCUT2D eigenvalue weighted by Gasteiger charge is 2.24. The van der Waals surface area contributed by atoms with Crippen LogP contribution in [0, 0.1) is 27.7 Å². The van der Waals surface area contributed by atoms with E-state index in [1.165, 1.54) is 41.8 Å². The van der Waals surface area contributed by atoms with Crippen molar-refractivity contribution in [2.75, 3.05) is 14.2 Å². The Kier molecular flexibility index (Phi) is 9.26. The summed E-state index contributed by atoms with van der Waals surface area (Å²) in [4.78, 5) is 7.52. The molecule has 7 heteroatoms. The number of methoxy groups -OCH3 is 2. The van der Waals surface area contributed by atoms with Gasteiger partial charge in [0.05, 0.1) is 37.6 Å². The van der Waals surface area contributed by atoms with E-state index < -0.39 is 0 Å². The van der Waals surface area contributed by atoms with Gasteiger partial charge in [-0.3, -0.25) is 0 Å². The van der Waals surface area contributed by atoms with Crippen molar-refractivity contribution in [1.82, 2.24) is 0 Å². The van der Waals surface area contributed by atoms with Crippen LogP contribution in [0.15, 0.2) is 48.5 Å². The Hall–Kier alpha value is -3.26. The normalized spacial score (nSPS) is 11.4. The average Bonchev–Trinajstić information content (AvgIpc) is 3.62. The van der Waals surface area contributed by atoms with E-state index in [1.807, 2.05) is 70.4 Å². The highest BCUT2D eigenvalue weighted by atomic mass is 32.1. The van der Waals surface area contributed by atoms with E-state index >= 15 is 0 Å². The standard InChI is InChI=1S/C36H40O4S3/c1-19(2)39-27-15-11-13-25(37-9)31(27)29-17-21(5)33(41-29)35-23(7)24(8)36(43-35)34-22(6)18-30(42-34)32-26(38-10)14-12-16-28(32)40-20(3)4/h11-20H,1-10H3. The van der Waals surface area contributed by atoms with E-state index in [9.17, 15) is 0 Å². The van der Waals surface area contributed by atoms with Gasteiger partial charge in [0.1, 0.15) is 23.0 Å². The van der Waals surface area contributed by atoms with Crippen LogP contribution in [0.4, 0.5) is 0 Å². The lowest BCUT2D eigenvalue weighted by molar-refractivity contribution is 0.242. The van der Waals surface area contributed by atoms with Crippen LogP contribution in [0.2, 0.25) is 0 Å². The monoisotopic (exact) mass is 632 g/mol. The van der Waals surface area contributed by atoms with E-state index in [1.54, 1.807) is 14.2 Å². The molecule has 0 radical (unpaired) electrons. The molecule has 0 saturated heterocycles. The molecule has 0 amide bonds. The molecule has 0 unspecified atom stereocenters. The van der Waals surface area contributed by atoms with Crippen molar-refractivity contribution in [1.29, 1.82) is 0 Å². The molecule has 4 nitrogen and oxygen atoms in total. The summed E-state index contributed by atoms with van der Waals surface area (Å²) >= 11 is 5.50. The molecule has 0 spiro atoms. The quantitative estimate of drug-likeness (QED) is 0.153. The molecule has 3 aromatic heterocycles. The first-order chi connectivity index (χ1) is 20.5. The second kappa shape index (κ2) is 12.8. The molecule has 0 aliphatic heterocycles. The van der Waals surface area contributed by atoms with Gasteiger partial charge in [-0.15, -0.1) is 34.0 Å². The lowest BCUT2D eigenvalue weighted by Crippen LogP contribution is -2.06. The highest BCUT2D eigenvalue weighted by Crippen LogP contribution is 2.52. The van der Waals surface area contributed by atoms with Crippen LogP contribution in [0.3, 0.4) is 0 Å². The van der Waals surface area contributed by atoms with Gasteiger partial charge in [0, 0.05) is 29.3 Å². The Morgan fingerprint density at radius 1 is 0.512 bits per heavy atom. The summed E-state index contributed by atoms with van der Waals surface area (Å²) in [6, 6.07) is 16.6. The SMILES string of the molecule is COc1cccc(OC(C)C)c1-c1cc(C)c(-c2sc(-c3sc(-c4c(OC)cccc4OC(C)C)cc3C)c(C)c2C)s1. The van der Waals surface area contributed by atoms with Crippen LogP contribution in [0.5, 0.6) is 23.0 Å². The van der Waals surface area contributed by atoms with Crippen molar-refractivity contribution >= 4 is 34.0 Å². The second-order valence-electron chi connectivity index (χ2n) is 11.3. The third-order valence-electron chi connectivity index (χ3n) is 7.33. The number of rotatable bonds is 10. The molecule has 0 N–H and O–H groups in total. The minimum Gasteiger partial charge on any atom is -0.496 e. The summed E-state index contributed by atoms with van der Waals surface area (Å²) in [6.07, 6.45) is 0.137. The van der Waals surface area contributed by atoms with E-state index in [0.29, 0.717) is 0 Å². The van der Waals surface area contributed by atoms with E-state index in [0.717, 1.165) is 43.9 Å². The molecule has 3 heterocycles. The molecule has 0 aliphatic rings. The largest absolute Gasteiger partial charge is 0.496 e. The summed E-state index contributed by atoms with van der Waals surface area (Å²) in [6.45, 7) is 17.1. The van der Waals surface area contributed by atoms with Crippen molar-refractivity contribution < 1.29 is 18.9 Å². The maximum atomic E-state index is 6.21. The first-order valence-electron chi connectivity index (χ1n) is 14.5. The Balaban J connectivity index is 1.60. The third-order valence-corrected chi connectivity index (χ3v) is 11.6. The topological polar surface area (TPSA) is 36.9 Å². The second-order valence-corrected chi connectivity index (χ2v) is 14.4. The minimum absolute atomic E-state index is 0.0685. The van der Waals surface area contributed by atoms with Gasteiger partial charge in [-0.1, -0.05) is 12.1 Å². The molecule has 0 fully saturated rings. The molecule has 0 aliphatic carbocycles. The van der Waals surface area contributed by atoms with Gasteiger partial charge < -0.3 is 18.9 Å². The van der Waals surface area contributed by atoms with Crippen LogP contribution >= 0.6 is 34.0 Å². The molecular weight excluding hydrogens is 593 g/mol. The number of thiophene rings is 3. The molecule has 0 saturated carbocycles. The molecule has 5 aromatic rings. The minimum atomic E-state index is 0.0685. The molecule has 2 aromatic carbocycles. The fraction of sp³-hybridized carbons (Fsp3) is 0.333. The van der Waals surface area contributed by atoms with Gasteiger partial charge in [-0.05, 0) is 114 Å². The summed E-state index contributed by atoms with van der Waals surface area (Å²) in [5, 5.41) is 0. The predicted molar refractivity (Wildman–Crippen MR) is 185 cm³/mol. The molecule has 43 heavy (non-hydrogen) atoms. The third kappa shape index (κ3) is 6.08. The zero-order valence-electron chi connectivity index (χ0n) is 26.6. The van der Waals surface area contributed by atoms with Gasteiger partial charge in [-0.25, -0.2) is 0 Å². The lowest BCUT2D eigenvalue weighted by Gasteiger charge is -2.16. The first kappa shape index (κ1) is 31.2. The molecule has 0 atom stereocenters. The zero-order valence-corrected chi connectivity index (χ0v) is 29.1. The van der Waals surface area contributed by atoms with Gasteiger partial charge in [0.15, 0.2) is 0 Å². The lowest BCUT2D eigenvalue weighted by atomic mass is 10.1. The summed E-state index contributed by atoms with van der Waals surface area (Å²) in [7, 11) is 3.44. The van der Waals surface area contributed by atoms with Crippen molar-refractivity contribution in [2.24, 2.45) is 0 Å². The fourth-order valence-electron chi connectivity index (χ4n) is 5.24. The van der Waals surface area contributed by atoms with E-state index in [-0.39, 0.29) is 12.2 Å². The van der Waals surface area contributed by atoms with Crippen molar-refractivity contribution in [3.63, 3.8) is 0 Å². The zero-order chi connectivity index (χ0) is 31.0. The van der Waals surface area contributed by atoms with Gasteiger partial charge >= 0.3 is 0 Å². The Bertz CT molecular complexity index is 1630. The van der Waals surface area contributed by atoms with Crippen LogP contribution in [-0.2, 0) is 0 Å². The van der Waals surface area contributed by atoms with Crippen LogP contribution in [0.1, 0.15) is 49.9 Å². The van der Waals surface area contributed by atoms with Crippen LogP contribution < -0.4 is 18.9 Å². The van der Waals surface area contributed by atoms with E-state index in [4.69, 9.17) is 18.9 Å². The van der Waals surface area contributed by atoms with Gasteiger partial charge in [-0.2, -0.15) is 0 Å². The number of hydrogen-bond donors (Lipinski definition) is 0. The summed E-state index contributed by atoms with van der Waals surface area (Å²) < 4.78 is 24.0. The number of benzene rings is 2. The van der Waals surface area contributed by atoms with Crippen LogP contribution in [0.25, 0.3) is 40.4 Å². The first-order valence-corrected chi connectivity index (χ1v) is 17.0. The molecule has 5 rings (SSSR count). The average molecular weight is 633 g/mol. The molecule has 0 bridgehead atoms. The number of hydrogen-bond acceptors (Lipinski definition) is 7. The smallest absolute Gasteiger partial charge is 0.132 e. The van der Waals surface area contributed by atoms with Crippen LogP contribution in [-0.4, -0.2) is 26.4 Å². The molecular formula is C36H40O4S3. The fourth-order valence-corrected chi connectivity index (χ4v) is 9.52. The number of ether oxygens (including phenoxy) is 4. The summed E-state index contributed by atoms with van der Waals surface area (Å²) in [5.74, 6) is 3.34. The van der Waals surface area contributed by atoms with E-state index in [2.05, 4.69) is 67.5 Å². The van der Waals surface area contributed by atoms with Crippen molar-refractivity contribution in [3.05, 3.63) is 70.8 Å². The van der Waals surface area contributed by atoms with Gasteiger partial charge in [0.25, 0.3) is 0 Å². The predicted octanol–water partition coefficient (Wildman–Crippen LogP) is 11.4. The number of aryl methyl sites for hydroxylation is 2. The summed E-state index contributed by atoms with van der Waals surface area (Å²) in [5.41, 5.74) is 7.19. The van der Waals surface area contributed by atoms with Crippen molar-refractivity contribution in [3.8, 4) is 63.4 Å². The maximum absolute atomic E-state index is 6.21. The van der Waals surface area contributed by atoms with Gasteiger partial charge in [0.2, 0.25) is 0 Å². The Labute approximate surface area is 267 Å². The Morgan fingerprint density at radius 2 is 0.884 bits per heavy atom. The molecule has 226 valence electrons. The highest BCUT2D eigenvalue weighted by molar-refractivity contribution is 7.28. The van der Waals surface area contributed by atoms with Crippen molar-refractivity contribution in [2.45, 2.75) is 67.6 Å². The maximum Gasteiger partial charge on any atom is 0.132 e. The Morgan fingerprint density at radius 3 is 1.23 bits per heavy atom.